The van der Waals surface area contributed by atoms with Crippen molar-refractivity contribution in [2.45, 2.75) is 19.4 Å². The van der Waals surface area contributed by atoms with Crippen LogP contribution < -0.4 is 10.5 Å². The zero-order chi connectivity index (χ0) is 12.1. The smallest absolute Gasteiger partial charge is 0.119 e. The van der Waals surface area contributed by atoms with Crippen LogP contribution in [0, 0.1) is 0 Å². The Morgan fingerprint density at radius 2 is 2.18 bits per heavy atom. The molecule has 1 aromatic carbocycles. The highest BCUT2D eigenvalue weighted by Crippen LogP contribution is 2.26. The summed E-state index contributed by atoms with van der Waals surface area (Å²) in [6.45, 7) is 2.85. The molecule has 0 aliphatic heterocycles. The summed E-state index contributed by atoms with van der Waals surface area (Å²) in [7, 11) is 0. The van der Waals surface area contributed by atoms with Crippen molar-refractivity contribution in [3.8, 4) is 5.75 Å². The van der Waals surface area contributed by atoms with E-state index in [1.165, 1.54) is 4.88 Å². The Balaban J connectivity index is 2.15. The lowest BCUT2D eigenvalue weighted by molar-refractivity contribution is 0.317. The molecule has 0 amide bonds. The van der Waals surface area contributed by atoms with Gasteiger partial charge in [0.2, 0.25) is 0 Å². The van der Waals surface area contributed by atoms with Crippen molar-refractivity contribution >= 4 is 11.3 Å². The minimum Gasteiger partial charge on any atom is -0.494 e. The summed E-state index contributed by atoms with van der Waals surface area (Å²) < 4.78 is 5.61. The van der Waals surface area contributed by atoms with E-state index < -0.39 is 0 Å². The third-order valence-corrected chi connectivity index (χ3v) is 3.50. The van der Waals surface area contributed by atoms with Gasteiger partial charge in [0.15, 0.2) is 0 Å². The quantitative estimate of drug-likeness (QED) is 0.876. The number of hydrogen-bond acceptors (Lipinski definition) is 3. The number of ether oxygens (including phenoxy) is 1. The Hall–Kier alpha value is -1.32. The van der Waals surface area contributed by atoms with Crippen molar-refractivity contribution in [2.24, 2.45) is 5.73 Å². The number of benzene rings is 1. The number of thiophene rings is 1. The van der Waals surface area contributed by atoms with Crippen molar-refractivity contribution in [3.63, 3.8) is 0 Å². The molecule has 3 heteroatoms. The van der Waals surface area contributed by atoms with E-state index in [1.807, 2.05) is 35.7 Å². The summed E-state index contributed by atoms with van der Waals surface area (Å²) in [4.78, 5) is 1.18. The molecule has 2 N–H and O–H groups in total. The van der Waals surface area contributed by atoms with E-state index in [0.29, 0.717) is 0 Å². The largest absolute Gasteiger partial charge is 0.494 e. The number of rotatable bonds is 5. The van der Waals surface area contributed by atoms with Crippen LogP contribution in [0.3, 0.4) is 0 Å². The lowest BCUT2D eigenvalue weighted by atomic mass is 10.1. The van der Waals surface area contributed by atoms with Gasteiger partial charge < -0.3 is 10.5 Å². The third kappa shape index (κ3) is 3.08. The van der Waals surface area contributed by atoms with Gasteiger partial charge in [-0.05, 0) is 35.6 Å². The lowest BCUT2D eigenvalue weighted by Crippen LogP contribution is -2.10. The van der Waals surface area contributed by atoms with Crippen molar-refractivity contribution in [3.05, 3.63) is 52.2 Å². The molecule has 1 heterocycles. The molecule has 0 saturated heterocycles. The molecule has 90 valence electrons. The fraction of sp³-hybridized carbons (Fsp3) is 0.286. The highest BCUT2D eigenvalue weighted by molar-refractivity contribution is 7.10. The SMILES string of the molecule is CCCOc1cccc(C(N)c2cccs2)c1. The summed E-state index contributed by atoms with van der Waals surface area (Å²) in [6, 6.07) is 12.1. The second-order valence-electron chi connectivity index (χ2n) is 3.91. The van der Waals surface area contributed by atoms with Gasteiger partial charge in [0.05, 0.1) is 12.6 Å². The summed E-state index contributed by atoms with van der Waals surface area (Å²) in [5.41, 5.74) is 7.31. The van der Waals surface area contributed by atoms with Gasteiger partial charge in [0, 0.05) is 4.88 Å². The fourth-order valence-electron chi connectivity index (χ4n) is 1.65. The van der Waals surface area contributed by atoms with Crippen molar-refractivity contribution in [1.29, 1.82) is 0 Å². The van der Waals surface area contributed by atoms with Gasteiger partial charge in [-0.1, -0.05) is 25.1 Å². The molecule has 1 aromatic heterocycles. The molecule has 1 unspecified atom stereocenters. The van der Waals surface area contributed by atoms with E-state index in [4.69, 9.17) is 10.5 Å². The van der Waals surface area contributed by atoms with Crippen LogP contribution in [-0.4, -0.2) is 6.61 Å². The summed E-state index contributed by atoms with van der Waals surface area (Å²) in [5.74, 6) is 0.899. The van der Waals surface area contributed by atoms with Crippen LogP contribution >= 0.6 is 11.3 Å². The Bertz CT molecular complexity index is 453. The summed E-state index contributed by atoms with van der Waals surface area (Å²) in [6.07, 6.45) is 1.02. The molecule has 2 aromatic rings. The molecule has 0 saturated carbocycles. The van der Waals surface area contributed by atoms with Crippen LogP contribution in [0.2, 0.25) is 0 Å². The zero-order valence-electron chi connectivity index (χ0n) is 9.93. The van der Waals surface area contributed by atoms with Crippen molar-refractivity contribution in [2.75, 3.05) is 6.61 Å². The Morgan fingerprint density at radius 1 is 1.29 bits per heavy atom. The van der Waals surface area contributed by atoms with Crippen molar-refractivity contribution < 1.29 is 4.74 Å². The molecule has 0 bridgehead atoms. The monoisotopic (exact) mass is 247 g/mol. The Labute approximate surface area is 106 Å². The van der Waals surface area contributed by atoms with E-state index in [1.54, 1.807) is 11.3 Å². The normalized spacial score (nSPS) is 12.4. The summed E-state index contributed by atoms with van der Waals surface area (Å²) in [5, 5.41) is 2.05. The van der Waals surface area contributed by atoms with Crippen molar-refractivity contribution in [1.82, 2.24) is 0 Å². The molecule has 2 rings (SSSR count). The summed E-state index contributed by atoms with van der Waals surface area (Å²) >= 11 is 1.68. The predicted octanol–water partition coefficient (Wildman–Crippen LogP) is 3.59. The van der Waals surface area contributed by atoms with Gasteiger partial charge in [-0.25, -0.2) is 0 Å². The molecule has 2 nitrogen and oxygen atoms in total. The van der Waals surface area contributed by atoms with E-state index >= 15 is 0 Å². The van der Waals surface area contributed by atoms with Crippen LogP contribution in [0.15, 0.2) is 41.8 Å². The second-order valence-corrected chi connectivity index (χ2v) is 4.89. The van der Waals surface area contributed by atoms with Crippen LogP contribution in [0.5, 0.6) is 5.75 Å². The van der Waals surface area contributed by atoms with Crippen LogP contribution in [-0.2, 0) is 0 Å². The van der Waals surface area contributed by atoms with Gasteiger partial charge in [-0.2, -0.15) is 0 Å². The second kappa shape index (κ2) is 5.84. The lowest BCUT2D eigenvalue weighted by Gasteiger charge is -2.12. The van der Waals surface area contributed by atoms with E-state index in [9.17, 15) is 0 Å². The van der Waals surface area contributed by atoms with Gasteiger partial charge in [0.25, 0.3) is 0 Å². The average Bonchev–Trinajstić information content (AvgIpc) is 2.89. The first-order valence-corrected chi connectivity index (χ1v) is 6.71. The maximum Gasteiger partial charge on any atom is 0.119 e. The molecule has 0 aliphatic carbocycles. The maximum atomic E-state index is 6.21. The first-order valence-electron chi connectivity index (χ1n) is 5.83. The standard InChI is InChI=1S/C14H17NOS/c1-2-8-16-12-6-3-5-11(10-12)14(15)13-7-4-9-17-13/h3-7,9-10,14H,2,8,15H2,1H3. The fourth-order valence-corrected chi connectivity index (χ4v) is 2.40. The topological polar surface area (TPSA) is 35.2 Å². The Kier molecular flexibility index (Phi) is 4.18. The number of hydrogen-bond donors (Lipinski definition) is 1. The van der Waals surface area contributed by atoms with E-state index in [2.05, 4.69) is 13.0 Å². The first kappa shape index (κ1) is 12.1. The van der Waals surface area contributed by atoms with E-state index in [-0.39, 0.29) is 6.04 Å². The van der Waals surface area contributed by atoms with Gasteiger partial charge in [0.1, 0.15) is 5.75 Å². The molecule has 0 radical (unpaired) electrons. The highest BCUT2D eigenvalue weighted by atomic mass is 32.1. The van der Waals surface area contributed by atoms with E-state index in [0.717, 1.165) is 24.3 Å². The first-order chi connectivity index (χ1) is 8.31. The number of nitrogens with two attached hydrogens (primary N) is 1. The molecule has 1 atom stereocenters. The molecular weight excluding hydrogens is 230 g/mol. The molecular formula is C14H17NOS. The minimum atomic E-state index is -0.0554. The molecule has 17 heavy (non-hydrogen) atoms. The third-order valence-electron chi connectivity index (χ3n) is 2.54. The zero-order valence-corrected chi connectivity index (χ0v) is 10.7. The van der Waals surface area contributed by atoms with Crippen LogP contribution in [0.4, 0.5) is 0 Å². The molecule has 0 fully saturated rings. The van der Waals surface area contributed by atoms with Gasteiger partial charge in [-0.3, -0.25) is 0 Å². The predicted molar refractivity (Wildman–Crippen MR) is 72.6 cm³/mol. The average molecular weight is 247 g/mol. The highest BCUT2D eigenvalue weighted by Gasteiger charge is 2.10. The minimum absolute atomic E-state index is 0.0554. The van der Waals surface area contributed by atoms with Gasteiger partial charge in [-0.15, -0.1) is 11.3 Å². The van der Waals surface area contributed by atoms with Gasteiger partial charge >= 0.3 is 0 Å². The van der Waals surface area contributed by atoms with Crippen LogP contribution in [0.25, 0.3) is 0 Å². The molecule has 0 aliphatic rings. The molecule has 0 spiro atoms. The Morgan fingerprint density at radius 3 is 2.88 bits per heavy atom. The van der Waals surface area contributed by atoms with Crippen LogP contribution in [0.1, 0.15) is 29.8 Å². The maximum absolute atomic E-state index is 6.21.